The van der Waals surface area contributed by atoms with Crippen LogP contribution in [0.5, 0.6) is 0 Å². The maximum Gasteiger partial charge on any atom is 0.0738 e. The number of nitrogens with zero attached hydrogens (tertiary/aromatic N) is 2. The van der Waals surface area contributed by atoms with Crippen molar-refractivity contribution in [3.8, 4) is 0 Å². The van der Waals surface area contributed by atoms with Gasteiger partial charge in [-0.1, -0.05) is 0 Å². The highest BCUT2D eigenvalue weighted by Crippen LogP contribution is 2.13. The largest absolute Gasteiger partial charge is 0.284 e. The first kappa shape index (κ1) is 7.92. The zero-order valence-corrected chi connectivity index (χ0v) is 8.46. The number of rotatable bonds is 0. The fourth-order valence-corrected chi connectivity index (χ4v) is 2.41. The van der Waals surface area contributed by atoms with Crippen molar-refractivity contribution < 1.29 is 0 Å². The van der Waals surface area contributed by atoms with E-state index in [1.807, 2.05) is 6.20 Å². The van der Waals surface area contributed by atoms with Gasteiger partial charge in [0.2, 0.25) is 0 Å². The molecule has 0 radical (unpaired) electrons. The third kappa shape index (κ3) is 0.808. The molecule has 2 heteroatoms. The van der Waals surface area contributed by atoms with E-state index >= 15 is 0 Å². The molecule has 0 amide bonds. The van der Waals surface area contributed by atoms with Crippen LogP contribution >= 0.6 is 0 Å². The topological polar surface area (TPSA) is 24.7 Å². The minimum absolute atomic E-state index is 0.948. The van der Waals surface area contributed by atoms with Crippen molar-refractivity contribution in [3.63, 3.8) is 0 Å². The van der Waals surface area contributed by atoms with Gasteiger partial charge in [0.1, 0.15) is 0 Å². The summed E-state index contributed by atoms with van der Waals surface area (Å²) < 4.78 is 0. The van der Waals surface area contributed by atoms with E-state index in [2.05, 4.69) is 29.9 Å². The zero-order chi connectivity index (χ0) is 9.71. The molecule has 14 heavy (non-hydrogen) atoms. The monoisotopic (exact) mass is 184 g/mol. The number of benzene rings is 1. The zero-order valence-electron chi connectivity index (χ0n) is 8.46. The van der Waals surface area contributed by atoms with Gasteiger partial charge in [-0.15, -0.1) is 0 Å². The normalized spacial score (nSPS) is 16.1. The van der Waals surface area contributed by atoms with Gasteiger partial charge < -0.3 is 0 Å². The Balaban J connectivity index is 2.57. The van der Waals surface area contributed by atoms with Gasteiger partial charge in [0.15, 0.2) is 0 Å². The van der Waals surface area contributed by atoms with E-state index < -0.39 is 0 Å². The van der Waals surface area contributed by atoms with Crippen molar-refractivity contribution in [1.29, 1.82) is 0 Å². The van der Waals surface area contributed by atoms with Crippen molar-refractivity contribution in [2.45, 2.75) is 20.3 Å². The third-order valence-electron chi connectivity index (χ3n) is 3.18. The summed E-state index contributed by atoms with van der Waals surface area (Å²) in [6, 6.07) is 0. The molecule has 0 N–H and O–H groups in total. The molecule has 0 aliphatic carbocycles. The van der Waals surface area contributed by atoms with E-state index in [1.54, 1.807) is 0 Å². The average molecular weight is 184 g/mol. The molecule has 0 unspecified atom stereocenters. The highest BCUT2D eigenvalue weighted by Gasteiger charge is 2.16. The summed E-state index contributed by atoms with van der Waals surface area (Å²) in [4.78, 5) is 8.98. The molecule has 1 aromatic rings. The summed E-state index contributed by atoms with van der Waals surface area (Å²) in [6.45, 7) is 5.26. The standard InChI is InChI=1S/C12H12N2/c1-7-9-3-5-14-12(9)8(2)10-4-6-13-11(7)10/h3,5H,4,6H2,1-2H3. The maximum atomic E-state index is 4.56. The second-order valence-electron chi connectivity index (χ2n) is 3.92. The first-order valence-corrected chi connectivity index (χ1v) is 5.00. The smallest absolute Gasteiger partial charge is 0.0738 e. The Morgan fingerprint density at radius 2 is 2.00 bits per heavy atom. The summed E-state index contributed by atoms with van der Waals surface area (Å²) in [5.41, 5.74) is 5.31. The molecule has 0 atom stereocenters. The van der Waals surface area contributed by atoms with Crippen molar-refractivity contribution in [3.05, 3.63) is 39.2 Å². The van der Waals surface area contributed by atoms with Crippen molar-refractivity contribution in [2.24, 2.45) is 9.98 Å². The molecular formula is C12H12N2. The molecule has 0 saturated carbocycles. The Hall–Kier alpha value is -1.44. The van der Waals surface area contributed by atoms with E-state index in [0.29, 0.717) is 0 Å². The lowest BCUT2D eigenvalue weighted by molar-refractivity contribution is 1.01. The predicted octanol–water partition coefficient (Wildman–Crippen LogP) is 1.08. The second kappa shape index (κ2) is 2.53. The fraction of sp³-hybridized carbons (Fsp3) is 0.333. The molecule has 2 nitrogen and oxygen atoms in total. The highest BCUT2D eigenvalue weighted by molar-refractivity contribution is 5.58. The van der Waals surface area contributed by atoms with Crippen LogP contribution in [-0.2, 0) is 6.42 Å². The van der Waals surface area contributed by atoms with Crippen LogP contribution in [-0.4, -0.2) is 6.54 Å². The van der Waals surface area contributed by atoms with Gasteiger partial charge in [-0.2, -0.15) is 0 Å². The molecule has 0 fully saturated rings. The molecule has 0 bridgehead atoms. The van der Waals surface area contributed by atoms with E-state index in [4.69, 9.17) is 0 Å². The molecule has 70 valence electrons. The summed E-state index contributed by atoms with van der Waals surface area (Å²) in [6.07, 6.45) is 5.07. The van der Waals surface area contributed by atoms with Gasteiger partial charge in [-0.25, -0.2) is 0 Å². The van der Waals surface area contributed by atoms with Crippen LogP contribution in [0.15, 0.2) is 16.2 Å². The van der Waals surface area contributed by atoms with Crippen LogP contribution in [0.4, 0.5) is 0 Å². The van der Waals surface area contributed by atoms with Gasteiger partial charge in [0.25, 0.3) is 0 Å². The quantitative estimate of drug-likeness (QED) is 0.576. The second-order valence-corrected chi connectivity index (χ2v) is 3.92. The van der Waals surface area contributed by atoms with E-state index in [9.17, 15) is 0 Å². The van der Waals surface area contributed by atoms with Gasteiger partial charge in [0.05, 0.1) is 10.7 Å². The molecular weight excluding hydrogens is 172 g/mol. The highest BCUT2D eigenvalue weighted by atomic mass is 14.8. The molecule has 3 rings (SSSR count). The van der Waals surface area contributed by atoms with E-state index in [1.165, 1.54) is 33.0 Å². The maximum absolute atomic E-state index is 4.56. The number of hydrogen-bond donors (Lipinski definition) is 0. The van der Waals surface area contributed by atoms with Gasteiger partial charge in [-0.05, 0) is 43.0 Å². The van der Waals surface area contributed by atoms with Gasteiger partial charge >= 0.3 is 0 Å². The first-order chi connectivity index (χ1) is 6.79. The Labute approximate surface area is 82.7 Å². The van der Waals surface area contributed by atoms with E-state index in [-0.39, 0.29) is 0 Å². The molecule has 2 heterocycles. The summed E-state index contributed by atoms with van der Waals surface area (Å²) in [5, 5.41) is 2.39. The minimum atomic E-state index is 0.948. The molecule has 2 aliphatic rings. The third-order valence-corrected chi connectivity index (χ3v) is 3.18. The molecule has 0 spiro atoms. The predicted molar refractivity (Wildman–Crippen MR) is 55.8 cm³/mol. The van der Waals surface area contributed by atoms with Crippen LogP contribution in [0.1, 0.15) is 22.3 Å². The van der Waals surface area contributed by atoms with E-state index in [0.717, 1.165) is 13.0 Å². The van der Waals surface area contributed by atoms with Crippen molar-refractivity contribution >= 4 is 6.08 Å². The average Bonchev–Trinajstić information content (AvgIpc) is 2.82. The number of fused-ring (bicyclic) bond motifs is 2. The SMILES string of the molecule is Cc1c2c(c(C)c3c1=NC=C3)=NCC2. The lowest BCUT2D eigenvalue weighted by atomic mass is 9.98. The molecule has 2 aliphatic heterocycles. The molecule has 1 aromatic carbocycles. The van der Waals surface area contributed by atoms with Crippen LogP contribution in [0.25, 0.3) is 6.08 Å². The van der Waals surface area contributed by atoms with Crippen LogP contribution in [0.2, 0.25) is 0 Å². The summed E-state index contributed by atoms with van der Waals surface area (Å²) in [7, 11) is 0. The minimum Gasteiger partial charge on any atom is -0.284 e. The van der Waals surface area contributed by atoms with Crippen molar-refractivity contribution in [1.82, 2.24) is 0 Å². The Morgan fingerprint density at radius 1 is 1.14 bits per heavy atom. The fourth-order valence-electron chi connectivity index (χ4n) is 2.41. The van der Waals surface area contributed by atoms with Gasteiger partial charge in [0, 0.05) is 18.3 Å². The lowest BCUT2D eigenvalue weighted by Gasteiger charge is -2.05. The Bertz CT molecular complexity index is 565. The summed E-state index contributed by atoms with van der Waals surface area (Å²) in [5.74, 6) is 0. The summed E-state index contributed by atoms with van der Waals surface area (Å²) >= 11 is 0. The van der Waals surface area contributed by atoms with Crippen LogP contribution < -0.4 is 10.7 Å². The van der Waals surface area contributed by atoms with Gasteiger partial charge in [-0.3, -0.25) is 9.98 Å². The van der Waals surface area contributed by atoms with Crippen LogP contribution in [0.3, 0.4) is 0 Å². The lowest BCUT2D eigenvalue weighted by Crippen LogP contribution is -2.23. The van der Waals surface area contributed by atoms with Crippen molar-refractivity contribution in [2.75, 3.05) is 6.54 Å². The molecule has 0 saturated heterocycles. The first-order valence-electron chi connectivity index (χ1n) is 5.00. The Morgan fingerprint density at radius 3 is 2.86 bits per heavy atom. The Kier molecular flexibility index (Phi) is 1.43. The van der Waals surface area contributed by atoms with Crippen LogP contribution in [0, 0.1) is 13.8 Å². The number of hydrogen-bond acceptors (Lipinski definition) is 2. The molecule has 0 aromatic heterocycles.